The summed E-state index contributed by atoms with van der Waals surface area (Å²) >= 11 is 7.45. The molecule has 0 saturated carbocycles. The van der Waals surface area contributed by atoms with Gasteiger partial charge in [0.25, 0.3) is 0 Å². The number of carbonyl (C=O) groups excluding carboxylic acids is 1. The van der Waals surface area contributed by atoms with Gasteiger partial charge in [-0.1, -0.05) is 23.7 Å². The lowest BCUT2D eigenvalue weighted by molar-refractivity contribution is 0.112. The maximum absolute atomic E-state index is 11.5. The minimum atomic E-state index is 0.602. The SMILES string of the molecule is COc1cc(Cl)ccc1-c1csc(C=O)c1-c1ccc(N)cc1. The van der Waals surface area contributed by atoms with Crippen molar-refractivity contribution in [3.05, 3.63) is 57.7 Å². The highest BCUT2D eigenvalue weighted by atomic mass is 35.5. The predicted octanol–water partition coefficient (Wildman–Crippen LogP) is 5.14. The van der Waals surface area contributed by atoms with Crippen molar-refractivity contribution in [1.29, 1.82) is 0 Å². The second-order valence-electron chi connectivity index (χ2n) is 4.97. The molecule has 2 aromatic carbocycles. The number of nitrogens with two attached hydrogens (primary N) is 1. The number of ether oxygens (including phenoxy) is 1. The van der Waals surface area contributed by atoms with Crippen LogP contribution in [-0.2, 0) is 0 Å². The fraction of sp³-hybridized carbons (Fsp3) is 0.0556. The van der Waals surface area contributed by atoms with Crippen LogP contribution in [0.1, 0.15) is 9.67 Å². The number of hydrogen-bond donors (Lipinski definition) is 1. The first-order valence-electron chi connectivity index (χ1n) is 6.90. The summed E-state index contributed by atoms with van der Waals surface area (Å²) in [4.78, 5) is 12.1. The predicted molar refractivity (Wildman–Crippen MR) is 96.6 cm³/mol. The van der Waals surface area contributed by atoms with Crippen molar-refractivity contribution in [2.24, 2.45) is 0 Å². The van der Waals surface area contributed by atoms with Crippen LogP contribution < -0.4 is 10.5 Å². The average Bonchev–Trinajstić information content (AvgIpc) is 2.99. The van der Waals surface area contributed by atoms with Gasteiger partial charge in [-0.15, -0.1) is 11.3 Å². The fourth-order valence-corrected chi connectivity index (χ4v) is 3.55. The standard InChI is InChI=1S/C18H14ClNO2S/c1-22-16-8-12(19)4-7-14(16)15-10-23-17(9-21)18(15)11-2-5-13(20)6-3-11/h2-10H,20H2,1H3. The van der Waals surface area contributed by atoms with Gasteiger partial charge in [0.1, 0.15) is 5.75 Å². The van der Waals surface area contributed by atoms with E-state index in [1.54, 1.807) is 13.2 Å². The molecule has 23 heavy (non-hydrogen) atoms. The van der Waals surface area contributed by atoms with E-state index in [4.69, 9.17) is 22.1 Å². The Balaban J connectivity index is 2.24. The van der Waals surface area contributed by atoms with Gasteiger partial charge in [0, 0.05) is 32.8 Å². The Morgan fingerprint density at radius 2 is 1.87 bits per heavy atom. The van der Waals surface area contributed by atoms with Crippen LogP contribution in [0.15, 0.2) is 47.8 Å². The van der Waals surface area contributed by atoms with E-state index in [2.05, 4.69) is 0 Å². The molecule has 0 aliphatic heterocycles. The molecule has 3 nitrogen and oxygen atoms in total. The van der Waals surface area contributed by atoms with E-state index in [9.17, 15) is 4.79 Å². The molecule has 0 spiro atoms. The second-order valence-corrected chi connectivity index (χ2v) is 6.32. The number of benzene rings is 2. The lowest BCUT2D eigenvalue weighted by atomic mass is 9.96. The summed E-state index contributed by atoms with van der Waals surface area (Å²) in [5.74, 6) is 0.671. The van der Waals surface area contributed by atoms with Gasteiger partial charge >= 0.3 is 0 Å². The molecule has 0 aliphatic rings. The molecule has 1 heterocycles. The summed E-state index contributed by atoms with van der Waals surface area (Å²) in [5, 5.41) is 2.56. The lowest BCUT2D eigenvalue weighted by Gasteiger charge is -2.11. The molecular weight excluding hydrogens is 330 g/mol. The first-order valence-corrected chi connectivity index (χ1v) is 8.16. The van der Waals surface area contributed by atoms with Crippen molar-refractivity contribution in [1.82, 2.24) is 0 Å². The Labute approximate surface area is 143 Å². The summed E-state index contributed by atoms with van der Waals surface area (Å²) < 4.78 is 5.45. The molecule has 0 bridgehead atoms. The Bertz CT molecular complexity index is 856. The number of methoxy groups -OCH3 is 1. The van der Waals surface area contributed by atoms with Crippen LogP contribution in [0.3, 0.4) is 0 Å². The number of hydrogen-bond acceptors (Lipinski definition) is 4. The molecular formula is C18H14ClNO2S. The molecule has 0 amide bonds. The fourth-order valence-electron chi connectivity index (χ4n) is 2.49. The highest BCUT2D eigenvalue weighted by molar-refractivity contribution is 7.12. The van der Waals surface area contributed by atoms with E-state index in [1.807, 2.05) is 41.8 Å². The van der Waals surface area contributed by atoms with Crippen LogP contribution in [0.4, 0.5) is 5.69 Å². The average molecular weight is 344 g/mol. The Morgan fingerprint density at radius 1 is 1.13 bits per heavy atom. The zero-order chi connectivity index (χ0) is 16.4. The third kappa shape index (κ3) is 2.96. The molecule has 5 heteroatoms. The van der Waals surface area contributed by atoms with Crippen molar-refractivity contribution in [2.75, 3.05) is 12.8 Å². The number of aldehydes is 1. The molecule has 0 radical (unpaired) electrons. The van der Waals surface area contributed by atoms with E-state index >= 15 is 0 Å². The van der Waals surface area contributed by atoms with Gasteiger partial charge in [0.05, 0.1) is 12.0 Å². The Kier molecular flexibility index (Phi) is 4.37. The third-order valence-corrected chi connectivity index (χ3v) is 4.72. The van der Waals surface area contributed by atoms with Gasteiger partial charge < -0.3 is 10.5 Å². The maximum Gasteiger partial charge on any atom is 0.160 e. The van der Waals surface area contributed by atoms with Crippen molar-refractivity contribution in [3.8, 4) is 28.0 Å². The van der Waals surface area contributed by atoms with Crippen molar-refractivity contribution in [3.63, 3.8) is 0 Å². The molecule has 1 aromatic heterocycles. The van der Waals surface area contributed by atoms with Gasteiger partial charge in [0.2, 0.25) is 0 Å². The minimum Gasteiger partial charge on any atom is -0.496 e. The first-order chi connectivity index (χ1) is 11.1. The lowest BCUT2D eigenvalue weighted by Crippen LogP contribution is -1.90. The van der Waals surface area contributed by atoms with Crippen LogP contribution in [0.5, 0.6) is 5.75 Å². The van der Waals surface area contributed by atoms with Crippen LogP contribution >= 0.6 is 22.9 Å². The number of halogens is 1. The smallest absolute Gasteiger partial charge is 0.160 e. The van der Waals surface area contributed by atoms with E-state index in [0.717, 1.165) is 28.5 Å². The summed E-state index contributed by atoms with van der Waals surface area (Å²) in [6, 6.07) is 13.0. The van der Waals surface area contributed by atoms with Crippen molar-refractivity contribution >= 4 is 34.9 Å². The van der Waals surface area contributed by atoms with E-state index in [0.29, 0.717) is 21.3 Å². The third-order valence-electron chi connectivity index (χ3n) is 3.58. The van der Waals surface area contributed by atoms with Gasteiger partial charge in [0.15, 0.2) is 6.29 Å². The summed E-state index contributed by atoms with van der Waals surface area (Å²) in [7, 11) is 1.60. The zero-order valence-electron chi connectivity index (χ0n) is 12.4. The van der Waals surface area contributed by atoms with Crippen LogP contribution in [-0.4, -0.2) is 13.4 Å². The molecule has 2 N–H and O–H groups in total. The Hall–Kier alpha value is -2.30. The van der Waals surface area contributed by atoms with Crippen LogP contribution in [0.2, 0.25) is 5.02 Å². The highest BCUT2D eigenvalue weighted by Crippen LogP contribution is 2.43. The van der Waals surface area contributed by atoms with E-state index in [1.165, 1.54) is 11.3 Å². The van der Waals surface area contributed by atoms with Gasteiger partial charge in [-0.3, -0.25) is 4.79 Å². The highest BCUT2D eigenvalue weighted by Gasteiger charge is 2.18. The molecule has 0 saturated heterocycles. The molecule has 116 valence electrons. The van der Waals surface area contributed by atoms with Crippen LogP contribution in [0, 0.1) is 0 Å². The molecule has 3 rings (SSSR count). The van der Waals surface area contributed by atoms with Gasteiger partial charge in [-0.05, 0) is 35.9 Å². The molecule has 3 aromatic rings. The zero-order valence-corrected chi connectivity index (χ0v) is 13.9. The molecule has 0 atom stereocenters. The normalized spacial score (nSPS) is 10.5. The molecule has 0 aliphatic carbocycles. The van der Waals surface area contributed by atoms with Gasteiger partial charge in [-0.25, -0.2) is 0 Å². The maximum atomic E-state index is 11.5. The van der Waals surface area contributed by atoms with Crippen molar-refractivity contribution in [2.45, 2.75) is 0 Å². The summed E-state index contributed by atoms with van der Waals surface area (Å²) in [6.07, 6.45) is 0.877. The van der Waals surface area contributed by atoms with E-state index < -0.39 is 0 Å². The van der Waals surface area contributed by atoms with E-state index in [-0.39, 0.29) is 0 Å². The number of thiophene rings is 1. The summed E-state index contributed by atoms with van der Waals surface area (Å²) in [5.41, 5.74) is 10.1. The molecule has 0 unspecified atom stereocenters. The largest absolute Gasteiger partial charge is 0.496 e. The Morgan fingerprint density at radius 3 is 2.52 bits per heavy atom. The second kappa shape index (κ2) is 6.44. The minimum absolute atomic E-state index is 0.602. The number of rotatable bonds is 4. The topological polar surface area (TPSA) is 52.3 Å². The monoisotopic (exact) mass is 343 g/mol. The quantitative estimate of drug-likeness (QED) is 0.527. The van der Waals surface area contributed by atoms with Gasteiger partial charge in [-0.2, -0.15) is 0 Å². The summed E-state index contributed by atoms with van der Waals surface area (Å²) in [6.45, 7) is 0. The number of carbonyl (C=O) groups is 1. The first kappa shape index (κ1) is 15.6. The van der Waals surface area contributed by atoms with Crippen LogP contribution in [0.25, 0.3) is 22.3 Å². The number of nitrogen functional groups attached to an aromatic ring is 1. The van der Waals surface area contributed by atoms with Crippen molar-refractivity contribution < 1.29 is 9.53 Å². The molecule has 0 fully saturated rings. The number of anilines is 1.